The minimum Gasteiger partial charge on any atom is -0.481 e. The van der Waals surface area contributed by atoms with Crippen LogP contribution >= 0.6 is 0 Å². The van der Waals surface area contributed by atoms with Crippen molar-refractivity contribution in [3.8, 4) is 5.69 Å². The van der Waals surface area contributed by atoms with Gasteiger partial charge in [0.1, 0.15) is 5.69 Å². The van der Waals surface area contributed by atoms with E-state index in [0.29, 0.717) is 24.1 Å². The molecule has 33 heavy (non-hydrogen) atoms. The van der Waals surface area contributed by atoms with Crippen LogP contribution in [0.2, 0.25) is 0 Å². The van der Waals surface area contributed by atoms with Crippen molar-refractivity contribution in [1.82, 2.24) is 9.78 Å². The SMILES string of the molecule is CC(C)c1c(C(=O)c2ccccc2)nn(-c2ccccc2)c1CC[C@@H](O)C[C@@H](O)CC(=O)O. The third-order valence-electron chi connectivity index (χ3n) is 5.52. The summed E-state index contributed by atoms with van der Waals surface area (Å²) in [7, 11) is 0. The highest BCUT2D eigenvalue weighted by Crippen LogP contribution is 2.29. The molecule has 0 bridgehead atoms. The van der Waals surface area contributed by atoms with Crippen LogP contribution in [-0.4, -0.2) is 49.1 Å². The van der Waals surface area contributed by atoms with Crippen molar-refractivity contribution in [2.24, 2.45) is 0 Å². The number of carboxylic acids is 1. The van der Waals surface area contributed by atoms with Crippen molar-refractivity contribution in [3.05, 3.63) is 83.2 Å². The normalized spacial score (nSPS) is 13.1. The topological polar surface area (TPSA) is 113 Å². The molecule has 3 aromatic rings. The Morgan fingerprint density at radius 3 is 2.12 bits per heavy atom. The van der Waals surface area contributed by atoms with Gasteiger partial charge in [0.15, 0.2) is 0 Å². The van der Waals surface area contributed by atoms with Crippen LogP contribution in [0, 0.1) is 0 Å². The van der Waals surface area contributed by atoms with Gasteiger partial charge in [-0.05, 0) is 37.3 Å². The number of ketones is 1. The molecule has 2 aromatic carbocycles. The van der Waals surface area contributed by atoms with Gasteiger partial charge in [0.25, 0.3) is 0 Å². The predicted octanol–water partition coefficient (Wildman–Crippen LogP) is 3.75. The summed E-state index contributed by atoms with van der Waals surface area (Å²) < 4.78 is 1.76. The maximum atomic E-state index is 13.3. The molecule has 0 amide bonds. The number of aliphatic carboxylic acids is 1. The van der Waals surface area contributed by atoms with Gasteiger partial charge in [-0.15, -0.1) is 0 Å². The average Bonchev–Trinajstić information content (AvgIpc) is 3.17. The Morgan fingerprint density at radius 1 is 0.939 bits per heavy atom. The Balaban J connectivity index is 1.97. The first-order valence-electron chi connectivity index (χ1n) is 11.1. The highest BCUT2D eigenvalue weighted by atomic mass is 16.4. The van der Waals surface area contributed by atoms with Crippen LogP contribution in [0.4, 0.5) is 0 Å². The second-order valence-corrected chi connectivity index (χ2v) is 8.49. The number of para-hydroxylation sites is 1. The number of hydrogen-bond acceptors (Lipinski definition) is 5. The quantitative estimate of drug-likeness (QED) is 0.384. The number of carbonyl (C=O) groups is 2. The second-order valence-electron chi connectivity index (χ2n) is 8.49. The molecule has 0 saturated carbocycles. The van der Waals surface area contributed by atoms with E-state index in [4.69, 9.17) is 10.2 Å². The third kappa shape index (κ3) is 6.15. The Hall–Kier alpha value is -3.29. The standard InChI is InChI=1S/C26H30N2O5/c1-17(2)24-22(14-13-20(29)15-21(30)16-23(31)32)28(19-11-7-4-8-12-19)27-25(24)26(33)18-9-5-3-6-10-18/h3-12,17,20-21,29-30H,13-16H2,1-2H3,(H,31,32)/t20-,21-/m1/s1. The molecule has 3 rings (SSSR count). The fourth-order valence-electron chi connectivity index (χ4n) is 4.01. The van der Waals surface area contributed by atoms with E-state index in [2.05, 4.69) is 0 Å². The number of benzene rings is 2. The summed E-state index contributed by atoms with van der Waals surface area (Å²) in [5.74, 6) is -1.26. The summed E-state index contributed by atoms with van der Waals surface area (Å²) in [6.45, 7) is 4.01. The molecule has 1 aromatic heterocycles. The number of aromatic nitrogens is 2. The summed E-state index contributed by atoms with van der Waals surface area (Å²) in [6, 6.07) is 18.5. The van der Waals surface area contributed by atoms with Gasteiger partial charge >= 0.3 is 5.97 Å². The molecule has 0 spiro atoms. The van der Waals surface area contributed by atoms with Crippen LogP contribution in [0.25, 0.3) is 5.69 Å². The number of carboxylic acid groups (broad SMARTS) is 1. The van der Waals surface area contributed by atoms with Gasteiger partial charge < -0.3 is 15.3 Å². The lowest BCUT2D eigenvalue weighted by molar-refractivity contribution is -0.139. The maximum absolute atomic E-state index is 13.3. The molecular formula is C26H30N2O5. The molecule has 0 aliphatic carbocycles. The van der Waals surface area contributed by atoms with Gasteiger partial charge in [-0.25, -0.2) is 4.68 Å². The van der Waals surface area contributed by atoms with E-state index in [0.717, 1.165) is 16.9 Å². The molecule has 3 N–H and O–H groups in total. The van der Waals surface area contributed by atoms with Crippen LogP contribution in [0.5, 0.6) is 0 Å². The van der Waals surface area contributed by atoms with E-state index in [9.17, 15) is 19.8 Å². The number of nitrogens with zero attached hydrogens (tertiary/aromatic N) is 2. The largest absolute Gasteiger partial charge is 0.481 e. The van der Waals surface area contributed by atoms with Crippen molar-refractivity contribution in [2.75, 3.05) is 0 Å². The van der Waals surface area contributed by atoms with Crippen molar-refractivity contribution < 1.29 is 24.9 Å². The van der Waals surface area contributed by atoms with Gasteiger partial charge in [-0.2, -0.15) is 5.10 Å². The molecule has 7 nitrogen and oxygen atoms in total. The van der Waals surface area contributed by atoms with Crippen LogP contribution < -0.4 is 0 Å². The van der Waals surface area contributed by atoms with E-state index < -0.39 is 24.6 Å². The summed E-state index contributed by atoms with van der Waals surface area (Å²) in [5, 5.41) is 33.8. The third-order valence-corrected chi connectivity index (χ3v) is 5.52. The Morgan fingerprint density at radius 2 is 1.55 bits per heavy atom. The number of aliphatic hydroxyl groups excluding tert-OH is 2. The zero-order valence-electron chi connectivity index (χ0n) is 18.9. The predicted molar refractivity (Wildman–Crippen MR) is 125 cm³/mol. The lowest BCUT2D eigenvalue weighted by Gasteiger charge is -2.16. The lowest BCUT2D eigenvalue weighted by Crippen LogP contribution is -2.21. The van der Waals surface area contributed by atoms with E-state index in [1.165, 1.54) is 0 Å². The maximum Gasteiger partial charge on any atom is 0.305 e. The van der Waals surface area contributed by atoms with Gasteiger partial charge in [0.2, 0.25) is 5.78 Å². The van der Waals surface area contributed by atoms with E-state index in [1.54, 1.807) is 16.8 Å². The van der Waals surface area contributed by atoms with Crippen LogP contribution in [0.1, 0.15) is 66.3 Å². The molecule has 0 radical (unpaired) electrons. The molecule has 2 atom stereocenters. The molecule has 0 unspecified atom stereocenters. The highest BCUT2D eigenvalue weighted by Gasteiger charge is 2.27. The van der Waals surface area contributed by atoms with Crippen LogP contribution in [-0.2, 0) is 11.2 Å². The zero-order valence-corrected chi connectivity index (χ0v) is 18.9. The fraction of sp³-hybridized carbons (Fsp3) is 0.346. The van der Waals surface area contributed by atoms with Crippen LogP contribution in [0.3, 0.4) is 0 Å². The lowest BCUT2D eigenvalue weighted by atomic mass is 9.93. The minimum absolute atomic E-state index is 0.00914. The molecule has 1 heterocycles. The first kappa shape index (κ1) is 24.4. The smallest absolute Gasteiger partial charge is 0.305 e. The average molecular weight is 451 g/mol. The number of hydrogen-bond donors (Lipinski definition) is 3. The van der Waals surface area contributed by atoms with E-state index in [-0.39, 0.29) is 18.1 Å². The monoisotopic (exact) mass is 450 g/mol. The number of aliphatic hydroxyl groups is 2. The van der Waals surface area contributed by atoms with Crippen molar-refractivity contribution in [3.63, 3.8) is 0 Å². The summed E-state index contributed by atoms with van der Waals surface area (Å²) >= 11 is 0. The Labute approximate surface area is 193 Å². The fourth-order valence-corrected chi connectivity index (χ4v) is 4.01. The second kappa shape index (κ2) is 11.0. The minimum atomic E-state index is -1.11. The molecule has 0 fully saturated rings. The summed E-state index contributed by atoms with van der Waals surface area (Å²) in [4.78, 5) is 24.1. The van der Waals surface area contributed by atoms with Crippen LogP contribution in [0.15, 0.2) is 60.7 Å². The molecular weight excluding hydrogens is 420 g/mol. The zero-order chi connectivity index (χ0) is 24.0. The summed E-state index contributed by atoms with van der Waals surface area (Å²) in [6.07, 6.45) is -1.72. The van der Waals surface area contributed by atoms with Gasteiger partial charge in [-0.3, -0.25) is 9.59 Å². The number of carbonyl (C=O) groups excluding carboxylic acids is 1. The van der Waals surface area contributed by atoms with Gasteiger partial charge in [0.05, 0.1) is 24.3 Å². The van der Waals surface area contributed by atoms with E-state index in [1.807, 2.05) is 62.4 Å². The molecule has 0 aliphatic heterocycles. The summed E-state index contributed by atoms with van der Waals surface area (Å²) in [5.41, 5.74) is 3.39. The van der Waals surface area contributed by atoms with Crippen molar-refractivity contribution >= 4 is 11.8 Å². The molecule has 0 aliphatic rings. The van der Waals surface area contributed by atoms with Crippen molar-refractivity contribution in [2.45, 2.75) is 57.7 Å². The Kier molecular flexibility index (Phi) is 8.14. The Bertz CT molecular complexity index is 1080. The molecule has 7 heteroatoms. The van der Waals surface area contributed by atoms with E-state index >= 15 is 0 Å². The molecule has 174 valence electrons. The first-order chi connectivity index (χ1) is 15.8. The van der Waals surface area contributed by atoms with Crippen molar-refractivity contribution in [1.29, 1.82) is 0 Å². The molecule has 0 saturated heterocycles. The highest BCUT2D eigenvalue weighted by molar-refractivity contribution is 6.08. The van der Waals surface area contributed by atoms with Gasteiger partial charge in [0, 0.05) is 16.8 Å². The number of rotatable bonds is 11. The van der Waals surface area contributed by atoms with Gasteiger partial charge in [-0.1, -0.05) is 62.4 Å². The first-order valence-corrected chi connectivity index (χ1v) is 11.1.